The summed E-state index contributed by atoms with van der Waals surface area (Å²) in [5.74, 6) is -1.39. The number of nitrogens with one attached hydrogen (secondary N) is 2. The van der Waals surface area contributed by atoms with Crippen molar-refractivity contribution in [3.05, 3.63) is 54.6 Å². The monoisotopic (exact) mass is 283 g/mol. The van der Waals surface area contributed by atoms with Crippen LogP contribution in [-0.4, -0.2) is 24.9 Å². The number of amides is 2. The number of nitrogens with two attached hydrogens (primary N) is 1. The number of hydrogen-bond donors (Lipinski definition) is 3. The lowest BCUT2D eigenvalue weighted by Crippen LogP contribution is -2.37. The van der Waals surface area contributed by atoms with Crippen LogP contribution >= 0.6 is 0 Å². The fourth-order valence-corrected chi connectivity index (χ4v) is 1.83. The van der Waals surface area contributed by atoms with E-state index in [1.165, 1.54) is 0 Å². The zero-order chi connectivity index (χ0) is 15.1. The quantitative estimate of drug-likeness (QED) is 0.741. The lowest BCUT2D eigenvalue weighted by molar-refractivity contribution is -0.136. The van der Waals surface area contributed by atoms with Crippen molar-refractivity contribution in [3.63, 3.8) is 0 Å². The van der Waals surface area contributed by atoms with E-state index in [2.05, 4.69) is 10.6 Å². The van der Waals surface area contributed by atoms with E-state index in [0.29, 0.717) is 12.2 Å². The highest BCUT2D eigenvalue weighted by atomic mass is 16.2. The van der Waals surface area contributed by atoms with Crippen molar-refractivity contribution in [3.8, 4) is 11.1 Å². The second-order valence-corrected chi connectivity index (χ2v) is 4.44. The molecule has 2 aromatic rings. The third-order valence-corrected chi connectivity index (χ3v) is 2.89. The molecule has 108 valence electrons. The number of carbonyl (C=O) groups is 2. The van der Waals surface area contributed by atoms with Crippen molar-refractivity contribution >= 4 is 17.5 Å². The van der Waals surface area contributed by atoms with Gasteiger partial charge in [0.15, 0.2) is 0 Å². The van der Waals surface area contributed by atoms with Crippen molar-refractivity contribution in [2.75, 3.05) is 18.4 Å². The molecule has 0 spiro atoms. The molecule has 0 fully saturated rings. The van der Waals surface area contributed by atoms with Gasteiger partial charge < -0.3 is 16.4 Å². The molecule has 0 aliphatic rings. The Morgan fingerprint density at radius 3 is 2.10 bits per heavy atom. The van der Waals surface area contributed by atoms with Crippen LogP contribution in [0.1, 0.15) is 0 Å². The van der Waals surface area contributed by atoms with Gasteiger partial charge in [-0.15, -0.1) is 0 Å². The number of hydrogen-bond acceptors (Lipinski definition) is 3. The predicted octanol–water partition coefficient (Wildman–Crippen LogP) is 1.37. The maximum Gasteiger partial charge on any atom is 0.313 e. The molecule has 4 N–H and O–H groups in total. The molecule has 0 saturated heterocycles. The first kappa shape index (κ1) is 14.7. The van der Waals surface area contributed by atoms with Crippen LogP contribution in [0.5, 0.6) is 0 Å². The van der Waals surface area contributed by atoms with Crippen molar-refractivity contribution < 1.29 is 9.59 Å². The number of carbonyl (C=O) groups excluding carboxylic acids is 2. The lowest BCUT2D eigenvalue weighted by Gasteiger charge is -2.07. The van der Waals surface area contributed by atoms with Crippen LogP contribution in [0.15, 0.2) is 54.6 Å². The Labute approximate surface area is 123 Å². The van der Waals surface area contributed by atoms with E-state index in [4.69, 9.17) is 5.73 Å². The van der Waals surface area contributed by atoms with E-state index in [-0.39, 0.29) is 6.54 Å². The second kappa shape index (κ2) is 7.21. The summed E-state index contributed by atoms with van der Waals surface area (Å²) >= 11 is 0. The van der Waals surface area contributed by atoms with Gasteiger partial charge in [-0.2, -0.15) is 0 Å². The summed E-state index contributed by atoms with van der Waals surface area (Å²) in [6, 6.07) is 17.2. The first-order chi connectivity index (χ1) is 10.2. The molecule has 0 radical (unpaired) electrons. The van der Waals surface area contributed by atoms with Crippen LogP contribution in [0.2, 0.25) is 0 Å². The van der Waals surface area contributed by atoms with E-state index < -0.39 is 11.8 Å². The summed E-state index contributed by atoms with van der Waals surface area (Å²) in [7, 11) is 0. The van der Waals surface area contributed by atoms with Crippen molar-refractivity contribution in [1.29, 1.82) is 0 Å². The topological polar surface area (TPSA) is 84.2 Å². The highest BCUT2D eigenvalue weighted by Crippen LogP contribution is 2.20. The van der Waals surface area contributed by atoms with Crippen LogP contribution in [0, 0.1) is 0 Å². The lowest BCUT2D eigenvalue weighted by atomic mass is 10.1. The summed E-state index contributed by atoms with van der Waals surface area (Å²) in [5, 5.41) is 4.95. The van der Waals surface area contributed by atoms with E-state index in [1.54, 1.807) is 12.1 Å². The van der Waals surface area contributed by atoms with Crippen LogP contribution in [0.25, 0.3) is 11.1 Å². The highest BCUT2D eigenvalue weighted by molar-refractivity contribution is 6.39. The first-order valence-corrected chi connectivity index (χ1v) is 6.65. The van der Waals surface area contributed by atoms with Gasteiger partial charge in [-0.3, -0.25) is 9.59 Å². The summed E-state index contributed by atoms with van der Waals surface area (Å²) in [5.41, 5.74) is 7.96. The third-order valence-electron chi connectivity index (χ3n) is 2.89. The smallest absolute Gasteiger partial charge is 0.313 e. The Morgan fingerprint density at radius 2 is 1.48 bits per heavy atom. The molecular formula is C16H17N3O2. The Kier molecular flexibility index (Phi) is 5.06. The highest BCUT2D eigenvalue weighted by Gasteiger charge is 2.12. The van der Waals surface area contributed by atoms with Gasteiger partial charge in [-0.1, -0.05) is 42.5 Å². The molecule has 2 aromatic carbocycles. The molecule has 0 bridgehead atoms. The average molecular weight is 283 g/mol. The van der Waals surface area contributed by atoms with Crippen LogP contribution in [-0.2, 0) is 9.59 Å². The summed E-state index contributed by atoms with van der Waals surface area (Å²) in [4.78, 5) is 23.0. The van der Waals surface area contributed by atoms with Crippen LogP contribution in [0.4, 0.5) is 5.69 Å². The number of rotatable bonds is 4. The van der Waals surface area contributed by atoms with Crippen molar-refractivity contribution in [2.45, 2.75) is 0 Å². The predicted molar refractivity (Wildman–Crippen MR) is 82.6 cm³/mol. The van der Waals surface area contributed by atoms with Crippen LogP contribution < -0.4 is 16.4 Å². The summed E-state index contributed by atoms with van der Waals surface area (Å²) < 4.78 is 0. The largest absolute Gasteiger partial charge is 0.347 e. The zero-order valence-electron chi connectivity index (χ0n) is 11.5. The zero-order valence-corrected chi connectivity index (χ0v) is 11.5. The van der Waals surface area contributed by atoms with Gasteiger partial charge in [0.1, 0.15) is 0 Å². The minimum atomic E-state index is -0.698. The minimum Gasteiger partial charge on any atom is -0.347 e. The molecule has 0 aliphatic carbocycles. The molecule has 0 atom stereocenters. The third kappa shape index (κ3) is 4.15. The molecule has 0 unspecified atom stereocenters. The molecule has 5 heteroatoms. The molecule has 0 saturated carbocycles. The van der Waals surface area contributed by atoms with Gasteiger partial charge in [0.2, 0.25) is 0 Å². The Hall–Kier alpha value is -2.66. The van der Waals surface area contributed by atoms with Gasteiger partial charge in [-0.05, 0) is 23.3 Å². The Balaban J connectivity index is 2.00. The van der Waals surface area contributed by atoms with Gasteiger partial charge in [0.05, 0.1) is 0 Å². The molecule has 0 aliphatic heterocycles. The summed E-state index contributed by atoms with van der Waals surface area (Å²) in [6.45, 7) is 0.573. The minimum absolute atomic E-state index is 0.277. The van der Waals surface area contributed by atoms with Crippen molar-refractivity contribution in [1.82, 2.24) is 5.32 Å². The molecule has 21 heavy (non-hydrogen) atoms. The molecule has 0 heterocycles. The van der Waals surface area contributed by atoms with Crippen molar-refractivity contribution in [2.24, 2.45) is 5.73 Å². The van der Waals surface area contributed by atoms with Gasteiger partial charge in [-0.25, -0.2) is 0 Å². The normalized spacial score (nSPS) is 9.95. The van der Waals surface area contributed by atoms with Gasteiger partial charge >= 0.3 is 11.8 Å². The number of anilines is 1. The fourth-order valence-electron chi connectivity index (χ4n) is 1.83. The van der Waals surface area contributed by atoms with Gasteiger partial charge in [0.25, 0.3) is 0 Å². The maximum atomic E-state index is 11.6. The average Bonchev–Trinajstić information content (AvgIpc) is 2.54. The molecule has 5 nitrogen and oxygen atoms in total. The second-order valence-electron chi connectivity index (χ2n) is 4.44. The van der Waals surface area contributed by atoms with E-state index in [9.17, 15) is 9.59 Å². The molecule has 2 amide bonds. The van der Waals surface area contributed by atoms with Crippen LogP contribution in [0.3, 0.4) is 0 Å². The Bertz CT molecular complexity index is 609. The maximum absolute atomic E-state index is 11.6. The molecular weight excluding hydrogens is 266 g/mol. The molecule has 2 rings (SSSR count). The van der Waals surface area contributed by atoms with E-state index >= 15 is 0 Å². The van der Waals surface area contributed by atoms with Gasteiger partial charge in [0, 0.05) is 18.8 Å². The Morgan fingerprint density at radius 1 is 0.857 bits per heavy atom. The standard InChI is InChI=1S/C16H17N3O2/c17-10-11-18-15(20)16(21)19-14-8-6-13(7-9-14)12-4-2-1-3-5-12/h1-9H,10-11,17H2,(H,18,20)(H,19,21). The van der Waals surface area contributed by atoms with E-state index in [1.807, 2.05) is 42.5 Å². The number of benzene rings is 2. The molecule has 0 aromatic heterocycles. The first-order valence-electron chi connectivity index (χ1n) is 6.65. The fraction of sp³-hybridized carbons (Fsp3) is 0.125. The SMILES string of the molecule is NCCNC(=O)C(=O)Nc1ccc(-c2ccccc2)cc1. The van der Waals surface area contributed by atoms with E-state index in [0.717, 1.165) is 11.1 Å². The summed E-state index contributed by atoms with van der Waals surface area (Å²) in [6.07, 6.45) is 0.